The van der Waals surface area contributed by atoms with E-state index in [-0.39, 0.29) is 0 Å². The fourth-order valence-electron chi connectivity index (χ4n) is 11.6. The van der Waals surface area contributed by atoms with Gasteiger partial charge >= 0.3 is 0 Å². The van der Waals surface area contributed by atoms with Crippen molar-refractivity contribution in [2.75, 3.05) is 13.1 Å². The summed E-state index contributed by atoms with van der Waals surface area (Å²) in [5.74, 6) is 2.99. The second-order valence-corrected chi connectivity index (χ2v) is 23.4. The van der Waals surface area contributed by atoms with Crippen molar-refractivity contribution in [3.05, 3.63) is 199 Å². The molecule has 0 unspecified atom stereocenters. The maximum absolute atomic E-state index is 2.69. The van der Waals surface area contributed by atoms with Crippen LogP contribution in [-0.4, -0.2) is 22.9 Å². The Morgan fingerprint density at radius 2 is 0.458 bits per heavy atom. The Balaban J connectivity index is 1.62. The summed E-state index contributed by atoms with van der Waals surface area (Å²) in [6.45, 7) is 44.4. The van der Waals surface area contributed by atoms with Crippen LogP contribution in [0.2, 0.25) is 0 Å². The van der Waals surface area contributed by atoms with Gasteiger partial charge in [0, 0.05) is 58.1 Å². The average molecular weight is 960 g/mol. The van der Waals surface area contributed by atoms with Crippen LogP contribution in [0.1, 0.15) is 252 Å². The molecule has 0 fully saturated rings. The Bertz CT molecular complexity index is 2510. The Labute approximate surface area is 438 Å². The van der Waals surface area contributed by atoms with E-state index < -0.39 is 0 Å². The second kappa shape index (κ2) is 23.1. The lowest BCUT2D eigenvalue weighted by Gasteiger charge is -2.38. The molecule has 0 saturated heterocycles. The van der Waals surface area contributed by atoms with E-state index in [1.165, 1.54) is 111 Å². The number of benzene rings is 5. The summed E-state index contributed by atoms with van der Waals surface area (Å²) in [4.78, 5) is 5.38. The molecule has 0 atom stereocenters. The van der Waals surface area contributed by atoms with Crippen molar-refractivity contribution in [1.82, 2.24) is 9.80 Å². The van der Waals surface area contributed by atoms with E-state index in [2.05, 4.69) is 256 Å². The predicted molar refractivity (Wildman–Crippen MR) is 317 cm³/mol. The normalized spacial score (nSPS) is 14.6. The highest BCUT2D eigenvalue weighted by Gasteiger charge is 2.32. The molecule has 5 aromatic carbocycles. The number of allylic oxidation sites excluding steroid dienone is 4. The van der Waals surface area contributed by atoms with Crippen LogP contribution in [0.5, 0.6) is 0 Å². The molecule has 5 aromatic rings. The van der Waals surface area contributed by atoms with Crippen LogP contribution >= 0.6 is 0 Å². The van der Waals surface area contributed by atoms with Crippen molar-refractivity contribution in [2.45, 2.75) is 185 Å². The van der Waals surface area contributed by atoms with Crippen molar-refractivity contribution < 1.29 is 0 Å². The van der Waals surface area contributed by atoms with E-state index >= 15 is 0 Å². The van der Waals surface area contributed by atoms with Gasteiger partial charge in [-0.3, -0.25) is 0 Å². The minimum absolute atomic E-state index is 0.374. The van der Waals surface area contributed by atoms with Gasteiger partial charge in [-0.15, -0.1) is 0 Å². The first-order valence-electron chi connectivity index (χ1n) is 28.1. The third-order valence-corrected chi connectivity index (χ3v) is 15.3. The first kappa shape index (κ1) is 54.2. The molecule has 2 heteroatoms. The Kier molecular flexibility index (Phi) is 17.4. The van der Waals surface area contributed by atoms with E-state index in [4.69, 9.17) is 0 Å². The Morgan fingerprint density at radius 3 is 0.611 bits per heavy atom. The standard InChI is InChI=1S/C70H90N2/c1-19-37-71-63(67-55(43(3)4)25-21-26-56(67)44(5)6)39-53(40-64(71)68-57(45(7)8)27-22-28-58(68)46(9)10)51-33-35-52(36-34-51)54-41-65(69-59(47(11)12)29-23-30-60(69)48(13)14)72(38-20-2)66(42-54)70-61(49(15)16)31-24-32-62(70)50(17)18/h21-36,39-50H,19-20,37-38H2,1-18H3. The lowest BCUT2D eigenvalue weighted by Crippen LogP contribution is -2.28. The highest BCUT2D eigenvalue weighted by molar-refractivity contribution is 5.97. The van der Waals surface area contributed by atoms with Gasteiger partial charge in [0.2, 0.25) is 0 Å². The molecule has 0 N–H and O–H groups in total. The topological polar surface area (TPSA) is 6.48 Å². The molecular formula is C70H90N2. The highest BCUT2D eigenvalue weighted by Crippen LogP contribution is 2.47. The van der Waals surface area contributed by atoms with Gasteiger partial charge in [-0.25, -0.2) is 0 Å². The van der Waals surface area contributed by atoms with Crippen molar-refractivity contribution in [3.8, 4) is 0 Å². The number of hydrogen-bond donors (Lipinski definition) is 0. The number of rotatable bonds is 16. The van der Waals surface area contributed by atoms with E-state index in [0.717, 1.165) is 25.9 Å². The molecule has 2 nitrogen and oxygen atoms in total. The maximum Gasteiger partial charge on any atom is 0.0496 e. The van der Waals surface area contributed by atoms with Crippen LogP contribution in [0.15, 0.2) is 121 Å². The van der Waals surface area contributed by atoms with Crippen LogP contribution in [0.25, 0.3) is 33.9 Å². The summed E-state index contributed by atoms with van der Waals surface area (Å²) in [5.41, 5.74) is 24.8. The van der Waals surface area contributed by atoms with Crippen molar-refractivity contribution >= 4 is 33.9 Å². The maximum atomic E-state index is 2.69. The van der Waals surface area contributed by atoms with Gasteiger partial charge in [-0.05, 0) is 151 Å². The highest BCUT2D eigenvalue weighted by atomic mass is 15.2. The zero-order valence-electron chi connectivity index (χ0n) is 47.9. The van der Waals surface area contributed by atoms with Gasteiger partial charge in [-0.2, -0.15) is 0 Å². The average Bonchev–Trinajstić information content (AvgIpc) is 3.35. The summed E-state index contributed by atoms with van der Waals surface area (Å²) >= 11 is 0. The van der Waals surface area contributed by atoms with E-state index in [0.29, 0.717) is 47.3 Å². The predicted octanol–water partition coefficient (Wildman–Crippen LogP) is 18.6. The van der Waals surface area contributed by atoms with Gasteiger partial charge in [0.1, 0.15) is 0 Å². The fourth-order valence-corrected chi connectivity index (χ4v) is 11.6. The van der Waals surface area contributed by atoms with E-state index in [9.17, 15) is 0 Å². The van der Waals surface area contributed by atoms with Gasteiger partial charge in [0.15, 0.2) is 0 Å². The first-order chi connectivity index (χ1) is 34.3. The molecule has 0 amide bonds. The molecule has 0 aliphatic carbocycles. The van der Waals surface area contributed by atoms with Gasteiger partial charge in [0.05, 0.1) is 0 Å². The minimum atomic E-state index is 0.374. The molecule has 2 aliphatic heterocycles. The molecule has 380 valence electrons. The zero-order chi connectivity index (χ0) is 52.3. The Morgan fingerprint density at radius 1 is 0.278 bits per heavy atom. The summed E-state index contributed by atoms with van der Waals surface area (Å²) < 4.78 is 0. The molecule has 0 spiro atoms. The van der Waals surface area contributed by atoms with Crippen LogP contribution in [0, 0.1) is 0 Å². The summed E-state index contributed by atoms with van der Waals surface area (Å²) in [7, 11) is 0. The SMILES string of the molecule is CCCN1C(c2c(C(C)C)cccc2C(C)C)=CC(=c2ccc(=C3C=C(c4c(C(C)C)cccc4C(C)C)N(CCC)C(c4c(C(C)C)cccc4C(C)C)=C3)cc2)C=C1c1c(C(C)C)cccc1C(C)C. The molecule has 0 bridgehead atoms. The Hall–Kier alpha value is -5.60. The first-order valence-corrected chi connectivity index (χ1v) is 28.1. The lowest BCUT2D eigenvalue weighted by molar-refractivity contribution is 0.540. The zero-order valence-corrected chi connectivity index (χ0v) is 47.9. The largest absolute Gasteiger partial charge is 0.340 e. The fraction of sp³-hybridized carbons (Fsp3) is 0.429. The molecule has 2 aliphatic rings. The summed E-state index contributed by atoms with van der Waals surface area (Å²) in [6.07, 6.45) is 12.2. The molecular weight excluding hydrogens is 869 g/mol. The molecule has 72 heavy (non-hydrogen) atoms. The molecule has 0 saturated carbocycles. The van der Waals surface area contributed by atoms with Crippen molar-refractivity contribution in [1.29, 1.82) is 0 Å². The summed E-state index contributed by atoms with van der Waals surface area (Å²) in [6, 6.07) is 37.8. The smallest absolute Gasteiger partial charge is 0.0496 e. The van der Waals surface area contributed by atoms with E-state index in [1.54, 1.807) is 0 Å². The van der Waals surface area contributed by atoms with Crippen molar-refractivity contribution in [2.24, 2.45) is 0 Å². The lowest BCUT2D eigenvalue weighted by atomic mass is 9.82. The molecule has 0 aromatic heterocycles. The number of nitrogens with zero attached hydrogens (tertiary/aromatic N) is 2. The third kappa shape index (κ3) is 10.9. The van der Waals surface area contributed by atoms with Crippen LogP contribution in [-0.2, 0) is 0 Å². The van der Waals surface area contributed by atoms with Gasteiger partial charge < -0.3 is 9.80 Å². The minimum Gasteiger partial charge on any atom is -0.340 e. The molecule has 7 rings (SSSR count). The monoisotopic (exact) mass is 959 g/mol. The number of hydrogen-bond acceptors (Lipinski definition) is 2. The third-order valence-electron chi connectivity index (χ3n) is 15.3. The van der Waals surface area contributed by atoms with Crippen molar-refractivity contribution in [3.63, 3.8) is 0 Å². The van der Waals surface area contributed by atoms with Crippen LogP contribution in [0.3, 0.4) is 0 Å². The molecule has 2 heterocycles. The van der Waals surface area contributed by atoms with E-state index in [1.807, 2.05) is 0 Å². The van der Waals surface area contributed by atoms with Crippen LogP contribution < -0.4 is 10.4 Å². The quantitative estimate of drug-likeness (QED) is 0.0972. The van der Waals surface area contributed by atoms with Crippen LogP contribution in [0.4, 0.5) is 0 Å². The second-order valence-electron chi connectivity index (χ2n) is 23.4. The van der Waals surface area contributed by atoms with Gasteiger partial charge in [0.25, 0.3) is 0 Å². The summed E-state index contributed by atoms with van der Waals surface area (Å²) in [5, 5.41) is 2.48. The molecule has 0 radical (unpaired) electrons. The van der Waals surface area contributed by atoms with Gasteiger partial charge in [-0.1, -0.05) is 222 Å².